The van der Waals surface area contributed by atoms with E-state index in [0.717, 1.165) is 18.6 Å². The fourth-order valence-corrected chi connectivity index (χ4v) is 1.69. The predicted molar refractivity (Wildman–Crippen MR) is 75.3 cm³/mol. The Morgan fingerprint density at radius 2 is 2.00 bits per heavy atom. The van der Waals surface area contributed by atoms with E-state index in [1.54, 1.807) is 11.8 Å². The number of halogens is 1. The largest absolute Gasteiger partial charge is 0.352 e. The van der Waals surface area contributed by atoms with Gasteiger partial charge < -0.3 is 11.1 Å². The van der Waals surface area contributed by atoms with Gasteiger partial charge in [-0.2, -0.15) is 11.8 Å². The summed E-state index contributed by atoms with van der Waals surface area (Å²) in [6.45, 7) is 6.30. The van der Waals surface area contributed by atoms with Crippen LogP contribution in [0.4, 0.5) is 0 Å². The summed E-state index contributed by atoms with van der Waals surface area (Å²) in [6.07, 6.45) is 3.84. The fraction of sp³-hybridized carbons (Fsp3) is 0.909. The highest BCUT2D eigenvalue weighted by molar-refractivity contribution is 7.98. The van der Waals surface area contributed by atoms with Crippen molar-refractivity contribution in [3.63, 3.8) is 0 Å². The molecule has 2 unspecified atom stereocenters. The fourth-order valence-electron chi connectivity index (χ4n) is 1.20. The number of nitrogens with one attached hydrogen (secondary N) is 1. The first-order valence-corrected chi connectivity index (χ1v) is 6.97. The molecule has 0 fully saturated rings. The lowest BCUT2D eigenvalue weighted by molar-refractivity contribution is -0.123. The average Bonchev–Trinajstić information content (AvgIpc) is 2.24. The summed E-state index contributed by atoms with van der Waals surface area (Å²) < 4.78 is 0. The van der Waals surface area contributed by atoms with Gasteiger partial charge >= 0.3 is 0 Å². The Morgan fingerprint density at radius 1 is 1.44 bits per heavy atom. The number of nitrogens with two attached hydrogens (primary N) is 1. The van der Waals surface area contributed by atoms with Crippen LogP contribution >= 0.6 is 24.2 Å². The van der Waals surface area contributed by atoms with Gasteiger partial charge in [-0.25, -0.2) is 0 Å². The zero-order valence-corrected chi connectivity index (χ0v) is 12.3. The molecule has 5 heteroatoms. The Morgan fingerprint density at radius 3 is 2.44 bits per heavy atom. The predicted octanol–water partition coefficient (Wildman–Crippen LogP) is 2.04. The lowest BCUT2D eigenvalue weighted by Gasteiger charge is -2.21. The van der Waals surface area contributed by atoms with Crippen LogP contribution in [-0.4, -0.2) is 30.0 Å². The topological polar surface area (TPSA) is 55.1 Å². The lowest BCUT2D eigenvalue weighted by atomic mass is 10.0. The van der Waals surface area contributed by atoms with Crippen LogP contribution in [0.3, 0.4) is 0 Å². The van der Waals surface area contributed by atoms with Crippen molar-refractivity contribution in [3.8, 4) is 0 Å². The van der Waals surface area contributed by atoms with Crippen LogP contribution in [0.1, 0.15) is 33.6 Å². The Bertz CT molecular complexity index is 193. The number of carbonyl (C=O) groups excluding carboxylic acids is 1. The van der Waals surface area contributed by atoms with Crippen LogP contribution in [0.25, 0.3) is 0 Å². The van der Waals surface area contributed by atoms with Gasteiger partial charge in [-0.05, 0) is 31.3 Å². The Hall–Kier alpha value is 0.0700. The molecule has 0 aromatic rings. The van der Waals surface area contributed by atoms with Crippen molar-refractivity contribution in [1.29, 1.82) is 0 Å². The SMILES string of the molecule is CCC(C)C(C)NC(=O)[C@@H](N)CCSC.Cl. The van der Waals surface area contributed by atoms with Gasteiger partial charge in [-0.3, -0.25) is 4.79 Å². The molecule has 0 aliphatic carbocycles. The van der Waals surface area contributed by atoms with Crippen molar-refractivity contribution in [2.45, 2.75) is 45.7 Å². The van der Waals surface area contributed by atoms with E-state index in [4.69, 9.17) is 5.73 Å². The number of hydrogen-bond donors (Lipinski definition) is 2. The van der Waals surface area contributed by atoms with E-state index >= 15 is 0 Å². The van der Waals surface area contributed by atoms with Gasteiger partial charge in [-0.15, -0.1) is 12.4 Å². The molecule has 0 radical (unpaired) electrons. The van der Waals surface area contributed by atoms with Crippen LogP contribution in [0, 0.1) is 5.92 Å². The number of rotatable bonds is 7. The molecule has 0 aromatic heterocycles. The zero-order valence-electron chi connectivity index (χ0n) is 10.7. The molecular formula is C11H25ClN2OS. The maximum Gasteiger partial charge on any atom is 0.237 e. The van der Waals surface area contributed by atoms with Crippen molar-refractivity contribution in [3.05, 3.63) is 0 Å². The second-order valence-electron chi connectivity index (χ2n) is 4.07. The molecule has 0 aliphatic heterocycles. The third-order valence-electron chi connectivity index (χ3n) is 2.84. The summed E-state index contributed by atoms with van der Waals surface area (Å²) in [7, 11) is 0. The second kappa shape index (κ2) is 10.2. The molecule has 1 amide bonds. The lowest BCUT2D eigenvalue weighted by Crippen LogP contribution is -2.46. The Balaban J connectivity index is 0. The van der Waals surface area contributed by atoms with E-state index in [1.807, 2.05) is 13.2 Å². The summed E-state index contributed by atoms with van der Waals surface area (Å²) in [5.41, 5.74) is 5.77. The van der Waals surface area contributed by atoms with Crippen molar-refractivity contribution < 1.29 is 4.79 Å². The third-order valence-corrected chi connectivity index (χ3v) is 3.48. The monoisotopic (exact) mass is 268 g/mol. The van der Waals surface area contributed by atoms with Gasteiger partial charge in [-0.1, -0.05) is 20.3 Å². The molecule has 3 atom stereocenters. The highest BCUT2D eigenvalue weighted by Crippen LogP contribution is 2.07. The molecule has 3 nitrogen and oxygen atoms in total. The zero-order chi connectivity index (χ0) is 11.8. The highest BCUT2D eigenvalue weighted by Gasteiger charge is 2.17. The minimum absolute atomic E-state index is 0. The number of hydrogen-bond acceptors (Lipinski definition) is 3. The van der Waals surface area contributed by atoms with E-state index in [1.165, 1.54) is 0 Å². The van der Waals surface area contributed by atoms with Gasteiger partial charge in [0.1, 0.15) is 0 Å². The van der Waals surface area contributed by atoms with E-state index < -0.39 is 0 Å². The molecule has 0 aromatic carbocycles. The van der Waals surface area contributed by atoms with E-state index in [9.17, 15) is 4.79 Å². The first kappa shape index (κ1) is 18.4. The summed E-state index contributed by atoms with van der Waals surface area (Å²) in [5, 5.41) is 2.97. The van der Waals surface area contributed by atoms with Gasteiger partial charge in [0.2, 0.25) is 5.91 Å². The quantitative estimate of drug-likeness (QED) is 0.743. The highest BCUT2D eigenvalue weighted by atomic mass is 35.5. The smallest absolute Gasteiger partial charge is 0.237 e. The maximum atomic E-state index is 11.6. The van der Waals surface area contributed by atoms with Gasteiger partial charge in [0.05, 0.1) is 6.04 Å². The van der Waals surface area contributed by atoms with Crippen molar-refractivity contribution >= 4 is 30.1 Å². The summed E-state index contributed by atoms with van der Waals surface area (Å²) in [4.78, 5) is 11.6. The van der Waals surface area contributed by atoms with E-state index in [0.29, 0.717) is 5.92 Å². The molecule has 98 valence electrons. The molecule has 0 saturated carbocycles. The van der Waals surface area contributed by atoms with Crippen molar-refractivity contribution in [2.24, 2.45) is 11.7 Å². The van der Waals surface area contributed by atoms with Gasteiger partial charge in [0, 0.05) is 6.04 Å². The van der Waals surface area contributed by atoms with Crippen LogP contribution in [0.15, 0.2) is 0 Å². The summed E-state index contributed by atoms with van der Waals surface area (Å²) in [6, 6.07) is -0.146. The first-order chi connectivity index (χ1) is 7.02. The van der Waals surface area contributed by atoms with Crippen LogP contribution in [0.2, 0.25) is 0 Å². The third kappa shape index (κ3) is 7.36. The average molecular weight is 269 g/mol. The molecular weight excluding hydrogens is 244 g/mol. The summed E-state index contributed by atoms with van der Waals surface area (Å²) in [5.74, 6) is 1.42. The van der Waals surface area contributed by atoms with Crippen molar-refractivity contribution in [1.82, 2.24) is 5.32 Å². The maximum absolute atomic E-state index is 11.6. The van der Waals surface area contributed by atoms with Crippen molar-refractivity contribution in [2.75, 3.05) is 12.0 Å². The Kier molecular flexibility index (Phi) is 11.8. The van der Waals surface area contributed by atoms with Gasteiger partial charge in [0.15, 0.2) is 0 Å². The number of carbonyl (C=O) groups is 1. The van der Waals surface area contributed by atoms with E-state index in [2.05, 4.69) is 19.2 Å². The molecule has 0 spiro atoms. The summed E-state index contributed by atoms with van der Waals surface area (Å²) >= 11 is 1.72. The standard InChI is InChI=1S/C11H24N2OS.ClH/c1-5-8(2)9(3)13-11(14)10(12)6-7-15-4;/h8-10H,5-7,12H2,1-4H3,(H,13,14);1H/t8?,9?,10-;/m0./s1. The molecule has 0 bridgehead atoms. The van der Waals surface area contributed by atoms with Crippen LogP contribution in [0.5, 0.6) is 0 Å². The molecule has 3 N–H and O–H groups in total. The number of amides is 1. The number of thioether (sulfide) groups is 1. The minimum atomic E-state index is -0.357. The second-order valence-corrected chi connectivity index (χ2v) is 5.06. The molecule has 0 saturated heterocycles. The normalized spacial score (nSPS) is 15.8. The minimum Gasteiger partial charge on any atom is -0.352 e. The van der Waals surface area contributed by atoms with E-state index in [-0.39, 0.29) is 30.4 Å². The molecule has 0 heterocycles. The van der Waals surface area contributed by atoms with Gasteiger partial charge in [0.25, 0.3) is 0 Å². The Labute approximate surface area is 110 Å². The van der Waals surface area contributed by atoms with Crippen LogP contribution < -0.4 is 11.1 Å². The molecule has 0 rings (SSSR count). The molecule has 16 heavy (non-hydrogen) atoms. The first-order valence-electron chi connectivity index (χ1n) is 5.57. The van der Waals surface area contributed by atoms with Crippen LogP contribution in [-0.2, 0) is 4.79 Å². The molecule has 0 aliphatic rings.